The van der Waals surface area contributed by atoms with Crippen molar-refractivity contribution in [1.82, 2.24) is 19.4 Å². The van der Waals surface area contributed by atoms with Crippen molar-refractivity contribution >= 4 is 5.91 Å². The number of carbonyl (C=O) groups is 1. The van der Waals surface area contributed by atoms with Gasteiger partial charge in [-0.05, 0) is 51.1 Å². The van der Waals surface area contributed by atoms with Crippen LogP contribution >= 0.6 is 0 Å². The second-order valence-corrected chi connectivity index (χ2v) is 7.93. The van der Waals surface area contributed by atoms with Gasteiger partial charge in [-0.2, -0.15) is 0 Å². The molecule has 1 aromatic carbocycles. The van der Waals surface area contributed by atoms with Crippen molar-refractivity contribution in [2.45, 2.75) is 38.6 Å². The molecule has 0 unspecified atom stereocenters. The van der Waals surface area contributed by atoms with Gasteiger partial charge in [-0.1, -0.05) is 30.3 Å². The van der Waals surface area contributed by atoms with Crippen molar-refractivity contribution in [3.63, 3.8) is 0 Å². The number of amides is 1. The van der Waals surface area contributed by atoms with Gasteiger partial charge in [0.1, 0.15) is 5.82 Å². The zero-order chi connectivity index (χ0) is 18.5. The number of likely N-dealkylation sites (tertiary alicyclic amines) is 2. The number of nitrogens with zero attached hydrogens (tertiary/aromatic N) is 4. The van der Waals surface area contributed by atoms with Gasteiger partial charge in [-0.25, -0.2) is 4.98 Å². The molecule has 0 N–H and O–H groups in total. The van der Waals surface area contributed by atoms with E-state index in [4.69, 9.17) is 0 Å². The molecule has 0 atom stereocenters. The monoisotopic (exact) mass is 366 g/mol. The fraction of sp³-hybridized carbons (Fsp3) is 0.545. The second-order valence-electron chi connectivity index (χ2n) is 7.93. The number of aromatic nitrogens is 2. The summed E-state index contributed by atoms with van der Waals surface area (Å²) in [6.07, 6.45) is 9.90. The Morgan fingerprint density at radius 1 is 1.00 bits per heavy atom. The van der Waals surface area contributed by atoms with Crippen LogP contribution in [0.25, 0.3) is 11.4 Å². The molecule has 1 amide bonds. The van der Waals surface area contributed by atoms with E-state index in [1.807, 2.05) is 12.3 Å². The van der Waals surface area contributed by atoms with Gasteiger partial charge < -0.3 is 9.47 Å². The first kappa shape index (κ1) is 18.2. The van der Waals surface area contributed by atoms with Crippen molar-refractivity contribution in [2.24, 2.45) is 5.92 Å². The zero-order valence-corrected chi connectivity index (χ0v) is 16.1. The lowest BCUT2D eigenvalue weighted by Crippen LogP contribution is -2.45. The summed E-state index contributed by atoms with van der Waals surface area (Å²) < 4.78 is 2.29. The smallest absolute Gasteiger partial charge is 0.236 e. The van der Waals surface area contributed by atoms with Gasteiger partial charge in [0.25, 0.3) is 0 Å². The molecule has 2 aliphatic heterocycles. The maximum Gasteiger partial charge on any atom is 0.236 e. The van der Waals surface area contributed by atoms with E-state index in [0.717, 1.165) is 51.4 Å². The number of piperidine rings is 2. The predicted molar refractivity (Wildman–Crippen MR) is 107 cm³/mol. The summed E-state index contributed by atoms with van der Waals surface area (Å²) in [6, 6.07) is 10.4. The molecule has 4 rings (SSSR count). The maximum atomic E-state index is 12.5. The molecule has 2 aliphatic rings. The Morgan fingerprint density at radius 3 is 2.48 bits per heavy atom. The molecule has 0 aliphatic carbocycles. The highest BCUT2D eigenvalue weighted by molar-refractivity contribution is 5.78. The van der Waals surface area contributed by atoms with E-state index in [1.165, 1.54) is 24.8 Å². The van der Waals surface area contributed by atoms with Gasteiger partial charge in [-0.15, -0.1) is 0 Å². The standard InChI is InChI=1S/C22H30N4O/c27-21(25-12-5-2-6-13-25)18-24-14-9-19(10-15-24)17-26-16-11-23-22(26)20-7-3-1-4-8-20/h1,3-4,7-8,11,16,19H,2,5-6,9-10,12-15,17-18H2. The van der Waals surface area contributed by atoms with Crippen LogP contribution in [0.4, 0.5) is 0 Å². The molecule has 2 aromatic rings. The average molecular weight is 367 g/mol. The first-order valence-corrected chi connectivity index (χ1v) is 10.4. The maximum absolute atomic E-state index is 12.5. The van der Waals surface area contributed by atoms with Crippen molar-refractivity contribution in [2.75, 3.05) is 32.7 Å². The van der Waals surface area contributed by atoms with Gasteiger partial charge in [0, 0.05) is 37.6 Å². The van der Waals surface area contributed by atoms with Gasteiger partial charge in [0.2, 0.25) is 5.91 Å². The van der Waals surface area contributed by atoms with E-state index in [-0.39, 0.29) is 0 Å². The van der Waals surface area contributed by atoms with Gasteiger partial charge in [-0.3, -0.25) is 9.69 Å². The van der Waals surface area contributed by atoms with Crippen LogP contribution in [0.1, 0.15) is 32.1 Å². The van der Waals surface area contributed by atoms with Crippen LogP contribution in [0, 0.1) is 5.92 Å². The fourth-order valence-corrected chi connectivity index (χ4v) is 4.34. The molecule has 27 heavy (non-hydrogen) atoms. The molecule has 5 nitrogen and oxygen atoms in total. The normalized spacial score (nSPS) is 19.3. The SMILES string of the molecule is O=C(CN1CCC(Cn2ccnc2-c2ccccc2)CC1)N1CCCCC1. The van der Waals surface area contributed by atoms with E-state index in [9.17, 15) is 4.79 Å². The average Bonchev–Trinajstić information content (AvgIpc) is 3.19. The summed E-state index contributed by atoms with van der Waals surface area (Å²) in [6.45, 7) is 5.58. The van der Waals surface area contributed by atoms with Gasteiger partial charge in [0.15, 0.2) is 0 Å². The third kappa shape index (κ3) is 4.59. The van der Waals surface area contributed by atoms with Crippen LogP contribution < -0.4 is 0 Å². The Kier molecular flexibility index (Phi) is 5.87. The first-order valence-electron chi connectivity index (χ1n) is 10.4. The van der Waals surface area contributed by atoms with E-state index < -0.39 is 0 Å². The summed E-state index contributed by atoms with van der Waals surface area (Å²) in [4.78, 5) is 21.4. The minimum atomic E-state index is 0.328. The highest BCUT2D eigenvalue weighted by Gasteiger charge is 2.24. The Balaban J connectivity index is 1.28. The summed E-state index contributed by atoms with van der Waals surface area (Å²) in [5.41, 5.74) is 1.17. The Hall–Kier alpha value is -2.14. The second kappa shape index (κ2) is 8.70. The van der Waals surface area contributed by atoms with Crippen molar-refractivity contribution in [3.05, 3.63) is 42.7 Å². The molecular weight excluding hydrogens is 336 g/mol. The quantitative estimate of drug-likeness (QED) is 0.815. The van der Waals surface area contributed by atoms with Crippen molar-refractivity contribution in [3.8, 4) is 11.4 Å². The van der Waals surface area contributed by atoms with Crippen LogP contribution in [0.2, 0.25) is 0 Å². The number of rotatable bonds is 5. The van der Waals surface area contributed by atoms with E-state index >= 15 is 0 Å². The Morgan fingerprint density at radius 2 is 1.74 bits per heavy atom. The Bertz CT molecular complexity index is 728. The molecule has 0 radical (unpaired) electrons. The van der Waals surface area contributed by atoms with Gasteiger partial charge >= 0.3 is 0 Å². The summed E-state index contributed by atoms with van der Waals surface area (Å²) in [5.74, 6) is 2.04. The van der Waals surface area contributed by atoms with E-state index in [2.05, 4.69) is 49.8 Å². The van der Waals surface area contributed by atoms with Crippen LogP contribution in [0.5, 0.6) is 0 Å². The number of carbonyl (C=O) groups excluding carboxylic acids is 1. The minimum Gasteiger partial charge on any atom is -0.342 e. The number of hydrogen-bond acceptors (Lipinski definition) is 3. The van der Waals surface area contributed by atoms with Crippen LogP contribution in [-0.2, 0) is 11.3 Å². The molecular formula is C22H30N4O. The molecule has 0 saturated carbocycles. The lowest BCUT2D eigenvalue weighted by atomic mass is 9.96. The van der Waals surface area contributed by atoms with Crippen LogP contribution in [-0.4, -0.2) is 58.0 Å². The molecule has 3 heterocycles. The molecule has 144 valence electrons. The lowest BCUT2D eigenvalue weighted by Gasteiger charge is -2.34. The lowest BCUT2D eigenvalue weighted by molar-refractivity contribution is -0.133. The highest BCUT2D eigenvalue weighted by atomic mass is 16.2. The van der Waals surface area contributed by atoms with Gasteiger partial charge in [0.05, 0.1) is 6.54 Å². The number of benzene rings is 1. The fourth-order valence-electron chi connectivity index (χ4n) is 4.34. The number of hydrogen-bond donors (Lipinski definition) is 0. The molecule has 5 heteroatoms. The van der Waals surface area contributed by atoms with E-state index in [1.54, 1.807) is 0 Å². The molecule has 0 spiro atoms. The molecule has 2 fully saturated rings. The number of imidazole rings is 1. The van der Waals surface area contributed by atoms with E-state index in [0.29, 0.717) is 18.4 Å². The molecule has 1 aromatic heterocycles. The van der Waals surface area contributed by atoms with Crippen molar-refractivity contribution in [1.29, 1.82) is 0 Å². The predicted octanol–water partition coefficient (Wildman–Crippen LogP) is 3.27. The largest absolute Gasteiger partial charge is 0.342 e. The van der Waals surface area contributed by atoms with Crippen LogP contribution in [0.3, 0.4) is 0 Å². The van der Waals surface area contributed by atoms with Crippen molar-refractivity contribution < 1.29 is 4.79 Å². The minimum absolute atomic E-state index is 0.328. The molecule has 2 saturated heterocycles. The Labute approximate surface area is 162 Å². The highest BCUT2D eigenvalue weighted by Crippen LogP contribution is 2.23. The van der Waals surface area contributed by atoms with Crippen LogP contribution in [0.15, 0.2) is 42.7 Å². The topological polar surface area (TPSA) is 41.4 Å². The summed E-state index contributed by atoms with van der Waals surface area (Å²) in [7, 11) is 0. The first-order chi connectivity index (χ1) is 13.3. The zero-order valence-electron chi connectivity index (χ0n) is 16.1. The molecule has 0 bridgehead atoms. The summed E-state index contributed by atoms with van der Waals surface area (Å²) >= 11 is 0. The summed E-state index contributed by atoms with van der Waals surface area (Å²) in [5, 5.41) is 0. The third-order valence-electron chi connectivity index (χ3n) is 5.98. The third-order valence-corrected chi connectivity index (χ3v) is 5.98.